The van der Waals surface area contributed by atoms with Crippen LogP contribution in [0.5, 0.6) is 0 Å². The van der Waals surface area contributed by atoms with Crippen molar-refractivity contribution in [2.24, 2.45) is 5.41 Å². The molecule has 100 valence electrons. The molecule has 0 bridgehead atoms. The molecule has 2 N–H and O–H groups in total. The van der Waals surface area contributed by atoms with Crippen LogP contribution in [0.1, 0.15) is 37.0 Å². The Balaban J connectivity index is 2.69. The minimum absolute atomic E-state index is 0.0802. The van der Waals surface area contributed by atoms with Gasteiger partial charge in [-0.15, -0.1) is 0 Å². The zero-order valence-corrected chi connectivity index (χ0v) is 12.3. The van der Waals surface area contributed by atoms with Crippen molar-refractivity contribution in [2.45, 2.75) is 26.7 Å². The van der Waals surface area contributed by atoms with Gasteiger partial charge in [-0.05, 0) is 24.3 Å². The molecule has 5 heteroatoms. The second kappa shape index (κ2) is 6.73. The van der Waals surface area contributed by atoms with E-state index in [0.29, 0.717) is 12.1 Å². The average Bonchev–Trinajstić information content (AvgIpc) is 2.40. The van der Waals surface area contributed by atoms with Gasteiger partial charge in [-0.25, -0.2) is 0 Å². The predicted octanol–water partition coefficient (Wildman–Crippen LogP) is 2.31. The van der Waals surface area contributed by atoms with E-state index in [1.165, 1.54) is 12.3 Å². The number of halogens is 1. The van der Waals surface area contributed by atoms with Crippen molar-refractivity contribution in [3.63, 3.8) is 0 Å². The number of hydrogen-bond donors (Lipinski definition) is 2. The van der Waals surface area contributed by atoms with E-state index in [2.05, 4.69) is 40.1 Å². The molecule has 0 saturated heterocycles. The molecule has 1 amide bonds. The highest BCUT2D eigenvalue weighted by molar-refractivity contribution is 9.09. The van der Waals surface area contributed by atoms with Crippen LogP contribution in [-0.2, 0) is 0 Å². The maximum Gasteiger partial charge on any atom is 0.251 e. The number of nitrogens with one attached hydrogen (secondary N) is 2. The van der Waals surface area contributed by atoms with Crippen LogP contribution in [0.4, 0.5) is 0 Å². The largest absolute Gasteiger partial charge is 0.351 e. The van der Waals surface area contributed by atoms with E-state index in [0.717, 1.165) is 18.2 Å². The van der Waals surface area contributed by atoms with Crippen molar-refractivity contribution in [1.82, 2.24) is 10.3 Å². The number of alkyl halides is 1. The molecule has 0 aliphatic carbocycles. The lowest BCUT2D eigenvalue weighted by Crippen LogP contribution is -2.38. The normalized spacial score (nSPS) is 11.3. The van der Waals surface area contributed by atoms with Crippen LogP contribution >= 0.6 is 15.9 Å². The van der Waals surface area contributed by atoms with Gasteiger partial charge in [0.15, 0.2) is 0 Å². The number of hydrogen-bond acceptors (Lipinski definition) is 2. The van der Waals surface area contributed by atoms with Crippen LogP contribution in [0.25, 0.3) is 0 Å². The third kappa shape index (κ3) is 3.70. The molecule has 1 aromatic heterocycles. The number of carbonyl (C=O) groups is 1. The van der Waals surface area contributed by atoms with Gasteiger partial charge < -0.3 is 10.3 Å². The number of amides is 1. The Morgan fingerprint density at radius 1 is 1.44 bits per heavy atom. The number of rotatable bonds is 6. The molecule has 1 rings (SSSR count). The van der Waals surface area contributed by atoms with Crippen LogP contribution in [0, 0.1) is 5.41 Å². The molecule has 18 heavy (non-hydrogen) atoms. The summed E-state index contributed by atoms with van der Waals surface area (Å²) in [6.07, 6.45) is 3.46. The SMILES string of the molecule is CCC(CC)(CBr)CNC(=O)c1cc[nH]c(=O)c1. The van der Waals surface area contributed by atoms with Crippen molar-refractivity contribution >= 4 is 21.8 Å². The maximum atomic E-state index is 11.9. The third-order valence-electron chi connectivity index (χ3n) is 3.44. The summed E-state index contributed by atoms with van der Waals surface area (Å²) < 4.78 is 0. The lowest BCUT2D eigenvalue weighted by Gasteiger charge is -2.29. The van der Waals surface area contributed by atoms with Crippen LogP contribution in [0.3, 0.4) is 0 Å². The number of aromatic amines is 1. The van der Waals surface area contributed by atoms with E-state index in [9.17, 15) is 9.59 Å². The van der Waals surface area contributed by atoms with Crippen LogP contribution in [0.15, 0.2) is 23.1 Å². The fourth-order valence-electron chi connectivity index (χ4n) is 1.69. The fourth-order valence-corrected chi connectivity index (χ4v) is 2.68. The van der Waals surface area contributed by atoms with Crippen molar-refractivity contribution < 1.29 is 4.79 Å². The van der Waals surface area contributed by atoms with Gasteiger partial charge in [-0.3, -0.25) is 9.59 Å². The summed E-state index contributed by atoms with van der Waals surface area (Å²) in [5.41, 5.74) is 0.214. The molecule has 1 aromatic rings. The van der Waals surface area contributed by atoms with E-state index in [1.807, 2.05) is 0 Å². The zero-order chi connectivity index (χ0) is 13.6. The summed E-state index contributed by atoms with van der Waals surface area (Å²) in [4.78, 5) is 25.5. The lowest BCUT2D eigenvalue weighted by atomic mass is 9.84. The van der Waals surface area contributed by atoms with Crippen molar-refractivity contribution in [3.8, 4) is 0 Å². The Hall–Kier alpha value is -1.10. The molecule has 0 saturated carbocycles. The molecular weight excluding hydrogens is 296 g/mol. The van der Waals surface area contributed by atoms with Gasteiger partial charge in [0, 0.05) is 29.7 Å². The highest BCUT2D eigenvalue weighted by atomic mass is 79.9. The Kier molecular flexibility index (Phi) is 5.59. The molecule has 4 nitrogen and oxygen atoms in total. The predicted molar refractivity (Wildman–Crippen MR) is 76.2 cm³/mol. The molecule has 0 aliphatic rings. The van der Waals surface area contributed by atoms with Crippen molar-refractivity contribution in [1.29, 1.82) is 0 Å². The zero-order valence-electron chi connectivity index (χ0n) is 10.8. The van der Waals surface area contributed by atoms with Gasteiger partial charge in [-0.2, -0.15) is 0 Å². The lowest BCUT2D eigenvalue weighted by molar-refractivity contribution is 0.0932. The van der Waals surface area contributed by atoms with Crippen LogP contribution in [0.2, 0.25) is 0 Å². The molecule has 0 aromatic carbocycles. The summed E-state index contributed by atoms with van der Waals surface area (Å²) in [6, 6.07) is 2.91. The average molecular weight is 315 g/mol. The number of carbonyl (C=O) groups excluding carboxylic acids is 1. The Morgan fingerprint density at radius 2 is 2.11 bits per heavy atom. The molecule has 0 aliphatic heterocycles. The van der Waals surface area contributed by atoms with Gasteiger partial charge in [0.2, 0.25) is 5.56 Å². The molecule has 0 fully saturated rings. The monoisotopic (exact) mass is 314 g/mol. The first-order chi connectivity index (χ1) is 8.56. The molecule has 1 heterocycles. The van der Waals surface area contributed by atoms with Gasteiger partial charge in [-0.1, -0.05) is 29.8 Å². The van der Waals surface area contributed by atoms with E-state index in [4.69, 9.17) is 0 Å². The van der Waals surface area contributed by atoms with Crippen LogP contribution < -0.4 is 10.9 Å². The highest BCUT2D eigenvalue weighted by Gasteiger charge is 2.25. The Morgan fingerprint density at radius 3 is 2.61 bits per heavy atom. The second-order valence-electron chi connectivity index (χ2n) is 4.47. The van der Waals surface area contributed by atoms with E-state index >= 15 is 0 Å². The fraction of sp³-hybridized carbons (Fsp3) is 0.538. The highest BCUT2D eigenvalue weighted by Crippen LogP contribution is 2.27. The third-order valence-corrected chi connectivity index (χ3v) is 4.63. The van der Waals surface area contributed by atoms with Gasteiger partial charge in [0.05, 0.1) is 0 Å². The van der Waals surface area contributed by atoms with Crippen molar-refractivity contribution in [3.05, 3.63) is 34.2 Å². The summed E-state index contributed by atoms with van der Waals surface area (Å²) >= 11 is 3.51. The van der Waals surface area contributed by atoms with Gasteiger partial charge in [0.1, 0.15) is 0 Å². The first kappa shape index (κ1) is 15.0. The standard InChI is InChI=1S/C13H19BrN2O2/c1-3-13(4-2,8-14)9-16-12(18)10-5-6-15-11(17)7-10/h5-7H,3-4,8-9H2,1-2H3,(H,15,17)(H,16,18). The number of H-pyrrole nitrogens is 1. The molecular formula is C13H19BrN2O2. The van der Waals surface area contributed by atoms with Gasteiger partial charge in [0.25, 0.3) is 5.91 Å². The van der Waals surface area contributed by atoms with E-state index in [-0.39, 0.29) is 16.9 Å². The number of aromatic nitrogens is 1. The Labute approximate surface area is 115 Å². The minimum atomic E-state index is -0.264. The van der Waals surface area contributed by atoms with Crippen molar-refractivity contribution in [2.75, 3.05) is 11.9 Å². The molecule has 0 atom stereocenters. The van der Waals surface area contributed by atoms with E-state index in [1.54, 1.807) is 6.07 Å². The topological polar surface area (TPSA) is 62.0 Å². The molecule has 0 spiro atoms. The summed E-state index contributed by atoms with van der Waals surface area (Å²) in [6.45, 7) is 4.84. The molecule has 0 radical (unpaired) electrons. The van der Waals surface area contributed by atoms with Gasteiger partial charge >= 0.3 is 0 Å². The second-order valence-corrected chi connectivity index (χ2v) is 5.03. The number of pyridine rings is 1. The summed E-state index contributed by atoms with van der Waals surface area (Å²) in [5.74, 6) is -0.201. The summed E-state index contributed by atoms with van der Waals surface area (Å²) in [7, 11) is 0. The first-order valence-corrected chi connectivity index (χ1v) is 7.22. The first-order valence-electron chi connectivity index (χ1n) is 6.10. The van der Waals surface area contributed by atoms with E-state index < -0.39 is 0 Å². The minimum Gasteiger partial charge on any atom is -0.351 e. The summed E-state index contributed by atoms with van der Waals surface area (Å²) in [5, 5.41) is 3.75. The Bertz CT molecular complexity index is 444. The quantitative estimate of drug-likeness (QED) is 0.791. The molecule has 0 unspecified atom stereocenters. The van der Waals surface area contributed by atoms with Crippen LogP contribution in [-0.4, -0.2) is 22.8 Å². The smallest absolute Gasteiger partial charge is 0.251 e. The maximum absolute atomic E-state index is 11.9.